The van der Waals surface area contributed by atoms with Crippen LogP contribution in [0.2, 0.25) is 0 Å². The highest BCUT2D eigenvalue weighted by Crippen LogP contribution is 2.38. The Bertz CT molecular complexity index is 397. The number of β-amino-alcohol motifs (C(OH)–C–C–N with tert-alkyl or cyclic N) is 1. The second-order valence-electron chi connectivity index (χ2n) is 4.98. The van der Waals surface area contributed by atoms with Crippen LogP contribution in [0.5, 0.6) is 0 Å². The molecule has 4 heteroatoms. The minimum Gasteiger partial charge on any atom is -0.386 e. The Labute approximate surface area is 95.3 Å². The van der Waals surface area contributed by atoms with E-state index >= 15 is 0 Å². The van der Waals surface area contributed by atoms with Gasteiger partial charge >= 0.3 is 0 Å². The molecule has 2 heterocycles. The molecule has 2 aliphatic rings. The lowest BCUT2D eigenvalue weighted by molar-refractivity contribution is 0.00803. The van der Waals surface area contributed by atoms with Gasteiger partial charge in [-0.3, -0.25) is 0 Å². The minimum atomic E-state index is -0.495. The van der Waals surface area contributed by atoms with Crippen LogP contribution in [0.4, 0.5) is 5.82 Å². The molecule has 1 saturated heterocycles. The molecule has 0 bridgehead atoms. The summed E-state index contributed by atoms with van der Waals surface area (Å²) in [5, 5.41) is 9.96. The van der Waals surface area contributed by atoms with Crippen LogP contribution in [0.25, 0.3) is 0 Å². The number of nitrogens with zero attached hydrogens (tertiary/aromatic N) is 3. The van der Waals surface area contributed by atoms with Gasteiger partial charge in [-0.05, 0) is 25.3 Å². The fourth-order valence-corrected chi connectivity index (χ4v) is 2.13. The van der Waals surface area contributed by atoms with E-state index in [1.807, 2.05) is 19.2 Å². The number of anilines is 1. The Morgan fingerprint density at radius 1 is 1.50 bits per heavy atom. The molecule has 0 radical (unpaired) electrons. The fraction of sp³-hybridized carbons (Fsp3) is 0.667. The molecular formula is C12H17N3O. The van der Waals surface area contributed by atoms with Gasteiger partial charge in [0.1, 0.15) is 11.6 Å². The van der Waals surface area contributed by atoms with Gasteiger partial charge < -0.3 is 10.0 Å². The molecule has 3 rings (SSSR count). The van der Waals surface area contributed by atoms with E-state index in [-0.39, 0.29) is 0 Å². The molecule has 1 saturated carbocycles. The van der Waals surface area contributed by atoms with Crippen LogP contribution in [0.1, 0.15) is 37.9 Å². The van der Waals surface area contributed by atoms with Crippen molar-refractivity contribution in [1.82, 2.24) is 9.97 Å². The van der Waals surface area contributed by atoms with Crippen molar-refractivity contribution in [2.75, 3.05) is 18.0 Å². The van der Waals surface area contributed by atoms with Crippen LogP contribution in [-0.4, -0.2) is 33.8 Å². The molecule has 1 aromatic heterocycles. The molecule has 1 aliphatic carbocycles. The number of rotatable bonds is 3. The summed E-state index contributed by atoms with van der Waals surface area (Å²) in [5.41, 5.74) is -0.495. The van der Waals surface area contributed by atoms with Crippen LogP contribution in [0, 0.1) is 0 Å². The standard InChI is InChI=1S/C12H17N3O/c1-2-12(16)7-15(8-12)10-5-6-13-11(14-10)9-3-4-9/h5-6,9,16H,2-4,7-8H2,1H3. The summed E-state index contributed by atoms with van der Waals surface area (Å²) in [6, 6.07) is 1.93. The minimum absolute atomic E-state index is 0.495. The molecule has 0 amide bonds. The lowest BCUT2D eigenvalue weighted by atomic mass is 9.91. The van der Waals surface area contributed by atoms with Gasteiger partial charge in [0, 0.05) is 25.2 Å². The van der Waals surface area contributed by atoms with Crippen molar-refractivity contribution >= 4 is 5.82 Å². The van der Waals surface area contributed by atoms with Crippen molar-refractivity contribution in [3.63, 3.8) is 0 Å². The molecule has 1 aromatic rings. The van der Waals surface area contributed by atoms with E-state index in [4.69, 9.17) is 0 Å². The molecule has 2 fully saturated rings. The van der Waals surface area contributed by atoms with E-state index in [1.165, 1.54) is 12.8 Å². The summed E-state index contributed by atoms with van der Waals surface area (Å²) in [4.78, 5) is 11.0. The molecule has 0 spiro atoms. The zero-order chi connectivity index (χ0) is 11.2. The van der Waals surface area contributed by atoms with Gasteiger partial charge in [-0.1, -0.05) is 6.92 Å². The van der Waals surface area contributed by atoms with Crippen molar-refractivity contribution in [2.24, 2.45) is 0 Å². The monoisotopic (exact) mass is 219 g/mol. The van der Waals surface area contributed by atoms with Gasteiger partial charge in [-0.25, -0.2) is 9.97 Å². The Morgan fingerprint density at radius 2 is 2.25 bits per heavy atom. The first-order chi connectivity index (χ1) is 7.70. The van der Waals surface area contributed by atoms with E-state index < -0.39 is 5.60 Å². The largest absolute Gasteiger partial charge is 0.386 e. The second kappa shape index (κ2) is 3.42. The highest BCUT2D eigenvalue weighted by molar-refractivity contribution is 5.43. The molecule has 1 aliphatic heterocycles. The van der Waals surface area contributed by atoms with Gasteiger partial charge in [-0.15, -0.1) is 0 Å². The van der Waals surface area contributed by atoms with E-state index in [2.05, 4.69) is 14.9 Å². The van der Waals surface area contributed by atoms with E-state index in [0.717, 1.165) is 18.1 Å². The third kappa shape index (κ3) is 1.67. The summed E-state index contributed by atoms with van der Waals surface area (Å²) < 4.78 is 0. The van der Waals surface area contributed by atoms with Gasteiger partial charge in [0.05, 0.1) is 5.60 Å². The molecule has 0 unspecified atom stereocenters. The second-order valence-corrected chi connectivity index (χ2v) is 4.98. The first-order valence-corrected chi connectivity index (χ1v) is 6.00. The first-order valence-electron chi connectivity index (χ1n) is 6.00. The van der Waals surface area contributed by atoms with Gasteiger partial charge in [0.25, 0.3) is 0 Å². The Balaban J connectivity index is 1.73. The lowest BCUT2D eigenvalue weighted by Crippen LogP contribution is -2.61. The Morgan fingerprint density at radius 3 is 2.88 bits per heavy atom. The summed E-state index contributed by atoms with van der Waals surface area (Å²) in [7, 11) is 0. The smallest absolute Gasteiger partial charge is 0.133 e. The topological polar surface area (TPSA) is 49.2 Å². The van der Waals surface area contributed by atoms with Crippen molar-refractivity contribution in [3.05, 3.63) is 18.1 Å². The van der Waals surface area contributed by atoms with Gasteiger partial charge in [-0.2, -0.15) is 0 Å². The Hall–Kier alpha value is -1.16. The van der Waals surface area contributed by atoms with Crippen molar-refractivity contribution in [3.8, 4) is 0 Å². The third-order valence-corrected chi connectivity index (χ3v) is 3.55. The lowest BCUT2D eigenvalue weighted by Gasteiger charge is -2.46. The summed E-state index contributed by atoms with van der Waals surface area (Å²) in [6.45, 7) is 3.42. The van der Waals surface area contributed by atoms with Crippen molar-refractivity contribution < 1.29 is 5.11 Å². The number of aliphatic hydroxyl groups is 1. The Kier molecular flexibility index (Phi) is 2.14. The maximum Gasteiger partial charge on any atom is 0.133 e. The summed E-state index contributed by atoms with van der Waals surface area (Å²) in [6.07, 6.45) is 5.09. The van der Waals surface area contributed by atoms with Crippen molar-refractivity contribution in [2.45, 2.75) is 37.7 Å². The third-order valence-electron chi connectivity index (χ3n) is 3.55. The van der Waals surface area contributed by atoms with Gasteiger partial charge in [0.2, 0.25) is 0 Å². The molecule has 16 heavy (non-hydrogen) atoms. The maximum absolute atomic E-state index is 9.96. The molecular weight excluding hydrogens is 202 g/mol. The normalized spacial score (nSPS) is 23.0. The predicted octanol–water partition coefficient (Wildman–Crippen LogP) is 1.32. The molecule has 86 valence electrons. The van der Waals surface area contributed by atoms with E-state index in [0.29, 0.717) is 19.0 Å². The fourth-order valence-electron chi connectivity index (χ4n) is 2.13. The number of hydrogen-bond donors (Lipinski definition) is 1. The van der Waals surface area contributed by atoms with Crippen molar-refractivity contribution in [1.29, 1.82) is 0 Å². The zero-order valence-corrected chi connectivity index (χ0v) is 9.56. The first kappa shape index (κ1) is 10.0. The zero-order valence-electron chi connectivity index (χ0n) is 9.56. The SMILES string of the molecule is CCC1(O)CN(c2ccnc(C3CC3)n2)C1. The summed E-state index contributed by atoms with van der Waals surface area (Å²) >= 11 is 0. The molecule has 4 nitrogen and oxygen atoms in total. The number of hydrogen-bond acceptors (Lipinski definition) is 4. The van der Waals surface area contributed by atoms with E-state index in [9.17, 15) is 5.11 Å². The predicted molar refractivity (Wildman–Crippen MR) is 61.5 cm³/mol. The highest BCUT2D eigenvalue weighted by atomic mass is 16.3. The quantitative estimate of drug-likeness (QED) is 0.833. The highest BCUT2D eigenvalue weighted by Gasteiger charge is 2.40. The average molecular weight is 219 g/mol. The average Bonchev–Trinajstić information content (AvgIpc) is 3.09. The molecule has 0 atom stereocenters. The van der Waals surface area contributed by atoms with Crippen LogP contribution in [0.3, 0.4) is 0 Å². The van der Waals surface area contributed by atoms with E-state index in [1.54, 1.807) is 0 Å². The summed E-state index contributed by atoms with van der Waals surface area (Å²) in [5.74, 6) is 2.53. The van der Waals surface area contributed by atoms with Gasteiger partial charge in [0.15, 0.2) is 0 Å². The van der Waals surface area contributed by atoms with Crippen LogP contribution in [-0.2, 0) is 0 Å². The maximum atomic E-state index is 9.96. The molecule has 1 N–H and O–H groups in total. The molecule has 0 aromatic carbocycles. The number of aromatic nitrogens is 2. The van der Waals surface area contributed by atoms with Crippen LogP contribution in [0.15, 0.2) is 12.3 Å². The van der Waals surface area contributed by atoms with Crippen LogP contribution < -0.4 is 4.90 Å². The van der Waals surface area contributed by atoms with Crippen LogP contribution >= 0.6 is 0 Å².